The molecule has 0 spiro atoms. The fourth-order valence-corrected chi connectivity index (χ4v) is 6.93. The molecule has 0 radical (unpaired) electrons. The van der Waals surface area contributed by atoms with Crippen LogP contribution >= 0.6 is 23.1 Å². The number of esters is 2. The number of carbonyl (C=O) groups is 8. The lowest BCUT2D eigenvalue weighted by molar-refractivity contribution is -0.161. The topological polar surface area (TPSA) is 308 Å². The van der Waals surface area contributed by atoms with E-state index in [2.05, 4.69) is 31.1 Å². The number of thiazole rings is 1. The monoisotopic (exact) mass is 824 g/mol. The van der Waals surface area contributed by atoms with E-state index in [-0.39, 0.29) is 62.8 Å². The number of nitrogens with two attached hydrogens (primary N) is 1. The number of benzene rings is 1. The van der Waals surface area contributed by atoms with E-state index in [0.29, 0.717) is 0 Å². The number of ether oxygens (including phenoxy) is 2. The normalized spacial score (nSPS) is 16.4. The number of thioether (sulfide) groups is 1. The molecule has 1 unspecified atom stereocenters. The van der Waals surface area contributed by atoms with Gasteiger partial charge in [0.05, 0.1) is 5.56 Å². The lowest BCUT2D eigenvalue weighted by atomic mass is 10.0. The number of aliphatic carboxylic acids is 2. The lowest BCUT2D eigenvalue weighted by Crippen LogP contribution is -2.71. The minimum absolute atomic E-state index is 0.0195. The molecular formula is C34H32N8O13S2. The predicted molar refractivity (Wildman–Crippen MR) is 199 cm³/mol. The van der Waals surface area contributed by atoms with Crippen molar-refractivity contribution in [1.82, 2.24) is 25.5 Å². The molecule has 2 aliphatic heterocycles. The van der Waals surface area contributed by atoms with Crippen LogP contribution in [0.2, 0.25) is 0 Å². The first-order valence-electron chi connectivity index (χ1n) is 16.3. The average Bonchev–Trinajstić information content (AvgIpc) is 3.58. The van der Waals surface area contributed by atoms with E-state index < -0.39 is 70.2 Å². The number of carboxylic acid groups (broad SMARTS) is 2. The Morgan fingerprint density at radius 3 is 2.30 bits per heavy atom. The van der Waals surface area contributed by atoms with E-state index in [9.17, 15) is 48.6 Å². The molecule has 0 saturated carbocycles. The zero-order chi connectivity index (χ0) is 41.8. The number of rotatable bonds is 14. The van der Waals surface area contributed by atoms with Gasteiger partial charge in [-0.3, -0.25) is 38.7 Å². The van der Waals surface area contributed by atoms with Crippen LogP contribution < -0.4 is 31.2 Å². The summed E-state index contributed by atoms with van der Waals surface area (Å²) in [6.07, 6.45) is 1.12. The molecule has 1 saturated heterocycles. The Bertz CT molecular complexity index is 2250. The summed E-state index contributed by atoms with van der Waals surface area (Å²) in [5.74, 6) is -7.38. The lowest BCUT2D eigenvalue weighted by Gasteiger charge is -2.49. The summed E-state index contributed by atoms with van der Waals surface area (Å²) in [5.41, 5.74) is 3.25. The molecule has 23 heteroatoms. The van der Waals surface area contributed by atoms with Crippen molar-refractivity contribution >= 4 is 87.1 Å². The Kier molecular flexibility index (Phi) is 12.2. The number of carbonyl (C=O) groups excluding carboxylic acids is 6. The van der Waals surface area contributed by atoms with Crippen LogP contribution in [-0.4, -0.2) is 108 Å². The summed E-state index contributed by atoms with van der Waals surface area (Å²) in [6, 6.07) is 5.35. The van der Waals surface area contributed by atoms with Crippen LogP contribution in [0, 0.1) is 0 Å². The molecule has 4 heterocycles. The van der Waals surface area contributed by atoms with Gasteiger partial charge in [-0.05, 0) is 43.7 Å². The third kappa shape index (κ3) is 9.50. The summed E-state index contributed by atoms with van der Waals surface area (Å²) in [4.78, 5) is 113. The Morgan fingerprint density at radius 1 is 1.00 bits per heavy atom. The second kappa shape index (κ2) is 16.9. The van der Waals surface area contributed by atoms with E-state index in [1.165, 1.54) is 49.6 Å². The summed E-state index contributed by atoms with van der Waals surface area (Å²) >= 11 is 2.09. The van der Waals surface area contributed by atoms with Gasteiger partial charge in [-0.25, -0.2) is 14.6 Å². The summed E-state index contributed by atoms with van der Waals surface area (Å²) in [6.45, 7) is 4.43. The van der Waals surface area contributed by atoms with E-state index in [0.717, 1.165) is 48.0 Å². The van der Waals surface area contributed by atoms with E-state index >= 15 is 0 Å². The number of hydrogen-bond acceptors (Lipinski definition) is 17. The van der Waals surface area contributed by atoms with Gasteiger partial charge in [0, 0.05) is 49.5 Å². The maximum atomic E-state index is 13.3. The van der Waals surface area contributed by atoms with Crippen LogP contribution in [0.15, 0.2) is 58.3 Å². The number of nitrogen functional groups attached to an aromatic ring is 1. The van der Waals surface area contributed by atoms with Crippen LogP contribution in [-0.2, 0) is 33.6 Å². The van der Waals surface area contributed by atoms with Crippen molar-refractivity contribution in [2.75, 3.05) is 23.3 Å². The highest BCUT2D eigenvalue weighted by Crippen LogP contribution is 2.40. The number of oxime groups is 1. The van der Waals surface area contributed by atoms with Gasteiger partial charge in [0.25, 0.3) is 23.6 Å². The zero-order valence-electron chi connectivity index (χ0n) is 30.2. The minimum atomic E-state index is -1.83. The Morgan fingerprint density at radius 2 is 1.70 bits per heavy atom. The van der Waals surface area contributed by atoms with Crippen LogP contribution in [0.3, 0.4) is 0 Å². The molecule has 57 heavy (non-hydrogen) atoms. The van der Waals surface area contributed by atoms with E-state index in [4.69, 9.17) is 20.0 Å². The number of pyridine rings is 1. The van der Waals surface area contributed by atoms with Crippen molar-refractivity contribution in [3.8, 4) is 11.5 Å². The Labute approximate surface area is 329 Å². The van der Waals surface area contributed by atoms with Crippen molar-refractivity contribution in [3.05, 3.63) is 70.1 Å². The number of hydrogen-bond donors (Lipinski definition) is 6. The van der Waals surface area contributed by atoms with Gasteiger partial charge >= 0.3 is 23.9 Å². The van der Waals surface area contributed by atoms with E-state index in [1.807, 2.05) is 0 Å². The molecule has 298 valence electrons. The summed E-state index contributed by atoms with van der Waals surface area (Å²) in [7, 11) is 0. The highest BCUT2D eigenvalue weighted by Gasteiger charge is 2.54. The first-order valence-corrected chi connectivity index (χ1v) is 18.3. The van der Waals surface area contributed by atoms with Crippen molar-refractivity contribution < 1.29 is 62.9 Å². The number of aromatic nitrogens is 2. The minimum Gasteiger partial charge on any atom is -0.478 e. The molecular weight excluding hydrogens is 793 g/mol. The molecule has 2 atom stereocenters. The van der Waals surface area contributed by atoms with Gasteiger partial charge in [-0.2, -0.15) is 0 Å². The molecule has 0 aliphatic carbocycles. The molecule has 2 aliphatic rings. The molecule has 1 fully saturated rings. The quantitative estimate of drug-likeness (QED) is 0.0434. The van der Waals surface area contributed by atoms with Gasteiger partial charge in [0.1, 0.15) is 28.5 Å². The van der Waals surface area contributed by atoms with Crippen molar-refractivity contribution in [1.29, 1.82) is 0 Å². The number of nitrogens with zero attached hydrogens (tertiary/aromatic N) is 4. The number of anilines is 2. The fraction of sp³-hybridized carbons (Fsp3) is 0.265. The van der Waals surface area contributed by atoms with Crippen LogP contribution in [0.25, 0.3) is 0 Å². The molecule has 4 amide bonds. The molecule has 0 bridgehead atoms. The largest absolute Gasteiger partial charge is 0.478 e. The molecule has 1 aromatic carbocycles. The van der Waals surface area contributed by atoms with Gasteiger partial charge in [0.2, 0.25) is 5.60 Å². The zero-order valence-corrected chi connectivity index (χ0v) is 31.8. The molecule has 7 N–H and O–H groups in total. The maximum absolute atomic E-state index is 13.3. The third-order valence-corrected chi connectivity index (χ3v) is 9.84. The van der Waals surface area contributed by atoms with Gasteiger partial charge in [-0.15, -0.1) is 23.1 Å². The van der Waals surface area contributed by atoms with Crippen molar-refractivity contribution in [2.45, 2.75) is 44.7 Å². The highest BCUT2D eigenvalue weighted by molar-refractivity contribution is 8.00. The summed E-state index contributed by atoms with van der Waals surface area (Å²) < 4.78 is 10.1. The summed E-state index contributed by atoms with van der Waals surface area (Å²) in [5, 5.41) is 31.4. The van der Waals surface area contributed by atoms with Crippen molar-refractivity contribution in [3.63, 3.8) is 0 Å². The van der Waals surface area contributed by atoms with Gasteiger partial charge in [0.15, 0.2) is 22.3 Å². The molecule has 21 nitrogen and oxygen atoms in total. The maximum Gasteiger partial charge on any atom is 0.352 e. The first kappa shape index (κ1) is 41.3. The standard InChI is InChI=1S/C34H32N8O13S2/c1-14(43)53-21-8-6-18(9-22(21)54-15(2)44)38-27(46)19-7-5-16(10-36-19)26(45)37-11-17-12-56-30-24(29(48)42(30)25(17)31(49)50)40-28(47)23(20-13-57-33(35)39-20)41-55-34(3,4)32(51)52/h5-10,13,24,30H,11-12H2,1-4H3,(H2,35,39)(H,37,45)(H,38,46)(H,40,47)(H,49,50)(H,51,52)/t24?,30-/m0/s1. The number of nitrogens with one attached hydrogen (secondary N) is 3. The smallest absolute Gasteiger partial charge is 0.352 e. The number of β-lactam (4-membered cyclic amide) rings is 1. The molecule has 3 aromatic rings. The van der Waals surface area contributed by atoms with Crippen molar-refractivity contribution in [2.24, 2.45) is 5.16 Å². The molecule has 2 aromatic heterocycles. The van der Waals surface area contributed by atoms with Crippen LogP contribution in [0.5, 0.6) is 11.5 Å². The Balaban J connectivity index is 1.22. The highest BCUT2D eigenvalue weighted by atomic mass is 32.2. The van der Waals surface area contributed by atoms with Gasteiger partial charge in [-0.1, -0.05) is 5.16 Å². The molecule has 5 rings (SSSR count). The number of fused-ring (bicyclic) bond motifs is 1. The SMILES string of the molecule is CC(=O)Oc1ccc(NC(=O)c2ccc(C(=O)NCC3=C(C(=O)O)N4C(=O)C(NC(=O)C(=NOC(C)(C)C(=O)O)c5csc(N)n5)[C@@H]4SC3)cn2)cc1OC(C)=O. The van der Waals surface area contributed by atoms with Gasteiger partial charge < -0.3 is 46.2 Å². The Hall–Kier alpha value is -6.88. The first-order chi connectivity index (χ1) is 26.9. The average molecular weight is 825 g/mol. The van der Waals surface area contributed by atoms with Crippen LogP contribution in [0.1, 0.15) is 54.2 Å². The number of carboxylic acids is 2. The fourth-order valence-electron chi connectivity index (χ4n) is 5.03. The number of amides is 4. The van der Waals surface area contributed by atoms with Crippen LogP contribution in [0.4, 0.5) is 10.8 Å². The predicted octanol–water partition coefficient (Wildman–Crippen LogP) is 0.976. The second-order valence-electron chi connectivity index (χ2n) is 12.5. The third-order valence-electron chi connectivity index (χ3n) is 7.83. The second-order valence-corrected chi connectivity index (χ2v) is 14.4. The van der Waals surface area contributed by atoms with E-state index in [1.54, 1.807) is 0 Å².